The first-order chi connectivity index (χ1) is 16.5. The summed E-state index contributed by atoms with van der Waals surface area (Å²) in [7, 11) is 3.35. The third-order valence-corrected chi connectivity index (χ3v) is 8.13. The predicted octanol–water partition coefficient (Wildman–Crippen LogP) is 3.37. The molecule has 1 aromatic rings. The highest BCUT2D eigenvalue weighted by Gasteiger charge is 2.30. The molecule has 7 nitrogen and oxygen atoms in total. The van der Waals surface area contributed by atoms with E-state index in [1.54, 1.807) is 25.6 Å². The van der Waals surface area contributed by atoms with Gasteiger partial charge in [0, 0.05) is 56.6 Å². The van der Waals surface area contributed by atoms with Gasteiger partial charge in [-0.1, -0.05) is 6.42 Å². The Labute approximate surface area is 208 Å². The third-order valence-electron chi connectivity index (χ3n) is 7.01. The topological polar surface area (TPSA) is 58.1 Å². The lowest BCUT2D eigenvalue weighted by Crippen LogP contribution is -2.55. The number of nitrogens with zero attached hydrogens (tertiary/aromatic N) is 4. The van der Waals surface area contributed by atoms with E-state index in [0.717, 1.165) is 79.5 Å². The van der Waals surface area contributed by atoms with Gasteiger partial charge in [0.15, 0.2) is 0 Å². The highest BCUT2D eigenvalue weighted by atomic mass is 32.1. The van der Waals surface area contributed by atoms with Crippen molar-refractivity contribution < 1.29 is 14.3 Å². The van der Waals surface area contributed by atoms with E-state index in [2.05, 4.69) is 27.5 Å². The molecule has 4 rings (SSSR count). The normalized spacial score (nSPS) is 20.4. The summed E-state index contributed by atoms with van der Waals surface area (Å²) < 4.78 is 10.8. The van der Waals surface area contributed by atoms with Crippen molar-refractivity contribution in [1.82, 2.24) is 19.7 Å². The lowest BCUT2D eigenvalue weighted by atomic mass is 9.91. The quantitative estimate of drug-likeness (QED) is 0.335. The van der Waals surface area contributed by atoms with Crippen LogP contribution in [-0.4, -0.2) is 85.1 Å². The van der Waals surface area contributed by atoms with Crippen LogP contribution in [0.3, 0.4) is 0 Å². The smallest absolute Gasteiger partial charge is 0.236 e. The van der Waals surface area contributed by atoms with Crippen LogP contribution in [0.15, 0.2) is 17.6 Å². The van der Waals surface area contributed by atoms with Crippen LogP contribution in [0.1, 0.15) is 48.7 Å². The molecule has 2 aliphatic heterocycles. The molecule has 1 saturated carbocycles. The molecule has 0 unspecified atom stereocenters. The molecule has 1 aliphatic carbocycles. The Morgan fingerprint density at radius 1 is 1.12 bits per heavy atom. The van der Waals surface area contributed by atoms with E-state index in [-0.39, 0.29) is 5.91 Å². The molecule has 0 aromatic carbocycles. The Morgan fingerprint density at radius 3 is 2.41 bits per heavy atom. The van der Waals surface area contributed by atoms with Gasteiger partial charge in [-0.25, -0.2) is 4.98 Å². The molecule has 34 heavy (non-hydrogen) atoms. The van der Waals surface area contributed by atoms with Crippen molar-refractivity contribution >= 4 is 22.8 Å². The number of hydrogen-bond acceptors (Lipinski definition) is 7. The van der Waals surface area contributed by atoms with Gasteiger partial charge in [-0.15, -0.1) is 24.2 Å². The van der Waals surface area contributed by atoms with Gasteiger partial charge in [0.2, 0.25) is 5.91 Å². The van der Waals surface area contributed by atoms with Gasteiger partial charge in [-0.2, -0.15) is 0 Å². The standard InChI is InChI=1S/C24H36N4O3S.C2H2/c1-17(30-3)14-20(18(2)31-4)24-25-21-8-9-26(15-22(21)32-24)16-23(29)28-12-10-27(11-13-28)19-6-5-7-19;1-2/h14,19H,5-13,15-16H2,1-4H3;1-2H/b17-14+,20-18-;. The Balaban J connectivity index is 0.00000158. The van der Waals surface area contributed by atoms with Crippen molar-refractivity contribution in [2.45, 2.75) is 52.1 Å². The van der Waals surface area contributed by atoms with Crippen LogP contribution in [0, 0.1) is 12.8 Å². The molecular weight excluding hydrogens is 448 g/mol. The Morgan fingerprint density at radius 2 is 1.82 bits per heavy atom. The van der Waals surface area contributed by atoms with Crippen molar-refractivity contribution in [3.8, 4) is 12.8 Å². The van der Waals surface area contributed by atoms with Crippen molar-refractivity contribution in [3.63, 3.8) is 0 Å². The SMILES string of the molecule is C#C.CO/C(C)=C(/C=C(\C)OC)c1nc2c(s1)CN(CC(=O)N1CCN(C3CCC3)CC1)CC2. The number of fused-ring (bicyclic) bond motifs is 1. The van der Waals surface area contributed by atoms with E-state index in [1.807, 2.05) is 19.9 Å². The molecule has 0 radical (unpaired) electrons. The third kappa shape index (κ3) is 6.21. The van der Waals surface area contributed by atoms with E-state index in [4.69, 9.17) is 14.5 Å². The number of aromatic nitrogens is 1. The summed E-state index contributed by atoms with van der Waals surface area (Å²) in [6, 6.07) is 0.775. The van der Waals surface area contributed by atoms with E-state index in [0.29, 0.717) is 6.54 Å². The maximum atomic E-state index is 12.9. The molecule has 186 valence electrons. The zero-order chi connectivity index (χ0) is 24.7. The maximum Gasteiger partial charge on any atom is 0.236 e. The predicted molar refractivity (Wildman–Crippen MR) is 137 cm³/mol. The van der Waals surface area contributed by atoms with Crippen LogP contribution in [0.4, 0.5) is 0 Å². The monoisotopic (exact) mass is 486 g/mol. The average molecular weight is 487 g/mol. The molecule has 2 fully saturated rings. The second-order valence-electron chi connectivity index (χ2n) is 8.98. The van der Waals surface area contributed by atoms with Crippen LogP contribution >= 0.6 is 11.3 Å². The second-order valence-corrected chi connectivity index (χ2v) is 10.1. The number of amides is 1. The average Bonchev–Trinajstić information content (AvgIpc) is 3.25. The molecule has 0 bridgehead atoms. The van der Waals surface area contributed by atoms with Crippen molar-refractivity contribution in [3.05, 3.63) is 33.2 Å². The molecule has 3 aliphatic rings. The fourth-order valence-corrected chi connectivity index (χ4v) is 5.78. The number of hydrogen-bond donors (Lipinski definition) is 0. The lowest BCUT2D eigenvalue weighted by molar-refractivity contribution is -0.135. The van der Waals surface area contributed by atoms with Crippen LogP contribution in [0.25, 0.3) is 5.57 Å². The second kappa shape index (κ2) is 12.4. The van der Waals surface area contributed by atoms with Gasteiger partial charge in [0.05, 0.1) is 37.8 Å². The molecule has 1 saturated heterocycles. The zero-order valence-electron chi connectivity index (χ0n) is 21.0. The van der Waals surface area contributed by atoms with Crippen LogP contribution < -0.4 is 0 Å². The number of terminal acetylenes is 1. The van der Waals surface area contributed by atoms with Gasteiger partial charge in [0.1, 0.15) is 10.8 Å². The Kier molecular flexibility index (Phi) is 9.57. The number of allylic oxidation sites excluding steroid dienone is 4. The number of carbonyl (C=O) groups is 1. The number of methoxy groups -OCH3 is 2. The number of rotatable bonds is 7. The molecule has 3 heterocycles. The van der Waals surface area contributed by atoms with Crippen LogP contribution in [0.5, 0.6) is 0 Å². The summed E-state index contributed by atoms with van der Waals surface area (Å²) >= 11 is 1.70. The van der Waals surface area contributed by atoms with Gasteiger partial charge in [0.25, 0.3) is 0 Å². The van der Waals surface area contributed by atoms with Gasteiger partial charge in [-0.05, 0) is 32.8 Å². The number of piperazine rings is 1. The van der Waals surface area contributed by atoms with Crippen LogP contribution in [0.2, 0.25) is 0 Å². The molecular formula is C26H38N4O3S. The van der Waals surface area contributed by atoms with E-state index in [1.165, 1.54) is 24.1 Å². The highest BCUT2D eigenvalue weighted by molar-refractivity contribution is 7.12. The number of carbonyl (C=O) groups excluding carboxylic acids is 1. The Hall–Kier alpha value is -2.34. The van der Waals surface area contributed by atoms with Crippen molar-refractivity contribution in [2.24, 2.45) is 0 Å². The summed E-state index contributed by atoms with van der Waals surface area (Å²) in [5.41, 5.74) is 2.10. The summed E-state index contributed by atoms with van der Waals surface area (Å²) in [6.07, 6.45) is 14.9. The number of ether oxygens (including phenoxy) is 2. The number of thiazole rings is 1. The summed E-state index contributed by atoms with van der Waals surface area (Å²) in [6.45, 7) is 9.83. The first-order valence-electron chi connectivity index (χ1n) is 12.0. The molecule has 1 aromatic heterocycles. The van der Waals surface area contributed by atoms with Crippen molar-refractivity contribution in [1.29, 1.82) is 0 Å². The summed E-state index contributed by atoms with van der Waals surface area (Å²) in [4.78, 5) is 26.0. The Bertz CT molecular complexity index is 924. The van der Waals surface area contributed by atoms with Gasteiger partial charge >= 0.3 is 0 Å². The highest BCUT2D eigenvalue weighted by Crippen LogP contribution is 2.32. The minimum absolute atomic E-state index is 0.265. The molecule has 0 atom stereocenters. The van der Waals surface area contributed by atoms with E-state index in [9.17, 15) is 4.79 Å². The zero-order valence-corrected chi connectivity index (χ0v) is 21.8. The molecule has 0 spiro atoms. The summed E-state index contributed by atoms with van der Waals surface area (Å²) in [5, 5.41) is 0.950. The summed E-state index contributed by atoms with van der Waals surface area (Å²) in [5.74, 6) is 1.90. The van der Waals surface area contributed by atoms with E-state index >= 15 is 0 Å². The van der Waals surface area contributed by atoms with Gasteiger partial charge in [-0.3, -0.25) is 14.6 Å². The largest absolute Gasteiger partial charge is 0.501 e. The lowest BCUT2D eigenvalue weighted by Gasteiger charge is -2.43. The van der Waals surface area contributed by atoms with Gasteiger partial charge < -0.3 is 14.4 Å². The molecule has 0 N–H and O–H groups in total. The molecule has 1 amide bonds. The first kappa shape index (κ1) is 26.3. The maximum absolute atomic E-state index is 12.9. The minimum atomic E-state index is 0.265. The van der Waals surface area contributed by atoms with Crippen LogP contribution in [-0.2, 0) is 27.2 Å². The van der Waals surface area contributed by atoms with Crippen molar-refractivity contribution in [2.75, 3.05) is 53.5 Å². The molecule has 8 heteroatoms. The first-order valence-corrected chi connectivity index (χ1v) is 12.8. The fourth-order valence-electron chi connectivity index (χ4n) is 4.56. The van der Waals surface area contributed by atoms with E-state index < -0.39 is 0 Å². The minimum Gasteiger partial charge on any atom is -0.501 e. The fraction of sp³-hybridized carbons (Fsp3) is 0.615.